The largest absolute Gasteiger partial charge is 0.459 e. The second kappa shape index (κ2) is 9.50. The van der Waals surface area contributed by atoms with Crippen molar-refractivity contribution in [2.75, 3.05) is 11.4 Å². The normalized spacial score (nSPS) is 10.4. The van der Waals surface area contributed by atoms with E-state index >= 15 is 0 Å². The van der Waals surface area contributed by atoms with Crippen molar-refractivity contribution >= 4 is 17.5 Å². The number of hydrogen-bond acceptors (Lipinski definition) is 3. The van der Waals surface area contributed by atoms with Gasteiger partial charge < -0.3 is 14.6 Å². The van der Waals surface area contributed by atoms with Crippen LogP contribution in [-0.2, 0) is 17.8 Å². The molecular formula is C23H21FN2O3. The molecule has 1 heterocycles. The SMILES string of the molecule is C=CCNC(=O)Cc1ccc(N(Cc2cccc(F)c2)C(=O)c2ccco2)cc1. The zero-order valence-corrected chi connectivity index (χ0v) is 15.8. The Labute approximate surface area is 168 Å². The van der Waals surface area contributed by atoms with Gasteiger partial charge in [-0.25, -0.2) is 4.39 Å². The van der Waals surface area contributed by atoms with Crippen LogP contribution in [0.2, 0.25) is 0 Å². The predicted octanol–water partition coefficient (Wildman–Crippen LogP) is 4.11. The summed E-state index contributed by atoms with van der Waals surface area (Å²) < 4.78 is 18.8. The number of furan rings is 1. The molecular weight excluding hydrogens is 371 g/mol. The summed E-state index contributed by atoms with van der Waals surface area (Å²) in [5.74, 6) is -0.625. The van der Waals surface area contributed by atoms with Gasteiger partial charge in [-0.1, -0.05) is 30.3 Å². The Kier molecular flexibility index (Phi) is 6.58. The summed E-state index contributed by atoms with van der Waals surface area (Å²) in [6, 6.07) is 16.4. The van der Waals surface area contributed by atoms with Crippen LogP contribution in [0, 0.1) is 5.82 Å². The molecule has 2 amide bonds. The molecule has 0 bridgehead atoms. The first-order valence-corrected chi connectivity index (χ1v) is 9.13. The van der Waals surface area contributed by atoms with Crippen LogP contribution < -0.4 is 10.2 Å². The van der Waals surface area contributed by atoms with Gasteiger partial charge in [-0.05, 0) is 47.5 Å². The Hall–Kier alpha value is -3.67. The molecule has 148 valence electrons. The number of amides is 2. The van der Waals surface area contributed by atoms with Gasteiger partial charge in [0.2, 0.25) is 5.91 Å². The minimum absolute atomic E-state index is 0.110. The lowest BCUT2D eigenvalue weighted by atomic mass is 10.1. The van der Waals surface area contributed by atoms with E-state index in [9.17, 15) is 14.0 Å². The Morgan fingerprint density at radius 1 is 1.07 bits per heavy atom. The van der Waals surface area contributed by atoms with Gasteiger partial charge in [-0.15, -0.1) is 6.58 Å². The molecule has 0 atom stereocenters. The van der Waals surface area contributed by atoms with E-state index in [4.69, 9.17) is 4.42 Å². The van der Waals surface area contributed by atoms with Crippen molar-refractivity contribution in [2.24, 2.45) is 0 Å². The molecule has 0 unspecified atom stereocenters. The molecule has 0 aliphatic heterocycles. The van der Waals surface area contributed by atoms with Gasteiger partial charge in [-0.2, -0.15) is 0 Å². The van der Waals surface area contributed by atoms with Crippen molar-refractivity contribution in [2.45, 2.75) is 13.0 Å². The maximum atomic E-state index is 13.6. The third-order valence-electron chi connectivity index (χ3n) is 4.26. The highest BCUT2D eigenvalue weighted by Crippen LogP contribution is 2.22. The van der Waals surface area contributed by atoms with Crippen molar-refractivity contribution < 1.29 is 18.4 Å². The van der Waals surface area contributed by atoms with Gasteiger partial charge in [0.05, 0.1) is 19.2 Å². The minimum atomic E-state index is -0.367. The molecule has 2 aromatic carbocycles. The number of rotatable bonds is 8. The number of nitrogens with one attached hydrogen (secondary N) is 1. The lowest BCUT2D eigenvalue weighted by Gasteiger charge is -2.22. The third kappa shape index (κ3) is 5.42. The Morgan fingerprint density at radius 3 is 2.52 bits per heavy atom. The van der Waals surface area contributed by atoms with Gasteiger partial charge >= 0.3 is 0 Å². The highest BCUT2D eigenvalue weighted by Gasteiger charge is 2.21. The molecule has 5 nitrogen and oxygen atoms in total. The van der Waals surface area contributed by atoms with Crippen molar-refractivity contribution in [3.8, 4) is 0 Å². The standard InChI is InChI=1S/C23H21FN2O3/c1-2-12-25-22(27)15-17-8-10-20(11-9-17)26(23(28)21-7-4-13-29-21)16-18-5-3-6-19(24)14-18/h2-11,13-14H,1,12,15-16H2,(H,25,27). The lowest BCUT2D eigenvalue weighted by Crippen LogP contribution is -2.30. The summed E-state index contributed by atoms with van der Waals surface area (Å²) in [5.41, 5.74) is 2.08. The quantitative estimate of drug-likeness (QED) is 0.587. The Bertz CT molecular complexity index is 982. The van der Waals surface area contributed by atoms with Crippen molar-refractivity contribution in [3.63, 3.8) is 0 Å². The van der Waals surface area contributed by atoms with Crippen LogP contribution in [0.4, 0.5) is 10.1 Å². The van der Waals surface area contributed by atoms with Gasteiger partial charge in [-0.3, -0.25) is 9.59 Å². The summed E-state index contributed by atoms with van der Waals surface area (Å²) in [4.78, 5) is 26.3. The molecule has 0 saturated heterocycles. The molecule has 6 heteroatoms. The van der Waals surface area contributed by atoms with Crippen LogP contribution >= 0.6 is 0 Å². The number of benzene rings is 2. The number of hydrogen-bond donors (Lipinski definition) is 1. The molecule has 0 aliphatic rings. The molecule has 29 heavy (non-hydrogen) atoms. The van der Waals surface area contributed by atoms with E-state index in [1.807, 2.05) is 0 Å². The van der Waals surface area contributed by atoms with E-state index in [0.717, 1.165) is 5.56 Å². The first-order chi connectivity index (χ1) is 14.1. The van der Waals surface area contributed by atoms with E-state index in [0.29, 0.717) is 17.8 Å². The molecule has 0 saturated carbocycles. The summed E-state index contributed by atoms with van der Waals surface area (Å²) in [6.07, 6.45) is 3.27. The van der Waals surface area contributed by atoms with E-state index in [2.05, 4.69) is 11.9 Å². The average molecular weight is 392 g/mol. The molecule has 1 N–H and O–H groups in total. The zero-order valence-electron chi connectivity index (χ0n) is 15.8. The Balaban J connectivity index is 1.82. The smallest absolute Gasteiger partial charge is 0.294 e. The Morgan fingerprint density at radius 2 is 1.86 bits per heavy atom. The van der Waals surface area contributed by atoms with E-state index in [1.54, 1.807) is 54.6 Å². The second-order valence-corrected chi connectivity index (χ2v) is 6.43. The van der Waals surface area contributed by atoms with Crippen LogP contribution in [0.1, 0.15) is 21.7 Å². The van der Waals surface area contributed by atoms with Crippen molar-refractivity contribution in [1.29, 1.82) is 0 Å². The van der Waals surface area contributed by atoms with E-state index in [1.165, 1.54) is 23.3 Å². The average Bonchev–Trinajstić information content (AvgIpc) is 3.26. The van der Waals surface area contributed by atoms with Crippen molar-refractivity contribution in [3.05, 3.63) is 102 Å². The fourth-order valence-corrected chi connectivity index (χ4v) is 2.86. The summed E-state index contributed by atoms with van der Waals surface area (Å²) >= 11 is 0. The first-order valence-electron chi connectivity index (χ1n) is 9.13. The number of anilines is 1. The summed E-state index contributed by atoms with van der Waals surface area (Å²) in [5, 5.41) is 2.72. The highest BCUT2D eigenvalue weighted by molar-refractivity contribution is 6.04. The molecule has 0 fully saturated rings. The van der Waals surface area contributed by atoms with Crippen LogP contribution in [-0.4, -0.2) is 18.4 Å². The van der Waals surface area contributed by atoms with Gasteiger partial charge in [0.15, 0.2) is 5.76 Å². The van der Waals surface area contributed by atoms with Crippen LogP contribution in [0.15, 0.2) is 84.0 Å². The molecule has 3 aromatic rings. The van der Waals surface area contributed by atoms with Gasteiger partial charge in [0.25, 0.3) is 5.91 Å². The van der Waals surface area contributed by atoms with Gasteiger partial charge in [0, 0.05) is 12.2 Å². The minimum Gasteiger partial charge on any atom is -0.459 e. The van der Waals surface area contributed by atoms with E-state index < -0.39 is 0 Å². The molecule has 0 aliphatic carbocycles. The topological polar surface area (TPSA) is 62.6 Å². The predicted molar refractivity (Wildman–Crippen MR) is 109 cm³/mol. The van der Waals surface area contributed by atoms with Crippen molar-refractivity contribution in [1.82, 2.24) is 5.32 Å². The first kappa shape index (κ1) is 20.1. The van der Waals surface area contributed by atoms with Gasteiger partial charge in [0.1, 0.15) is 5.82 Å². The number of halogens is 1. The monoisotopic (exact) mass is 392 g/mol. The lowest BCUT2D eigenvalue weighted by molar-refractivity contribution is -0.120. The summed E-state index contributed by atoms with van der Waals surface area (Å²) in [7, 11) is 0. The van der Waals surface area contributed by atoms with Crippen LogP contribution in [0.3, 0.4) is 0 Å². The fourth-order valence-electron chi connectivity index (χ4n) is 2.86. The maximum Gasteiger partial charge on any atom is 0.294 e. The maximum absolute atomic E-state index is 13.6. The van der Waals surface area contributed by atoms with E-state index in [-0.39, 0.29) is 36.4 Å². The number of carbonyl (C=O) groups excluding carboxylic acids is 2. The molecule has 3 rings (SSSR count). The number of nitrogens with zero attached hydrogens (tertiary/aromatic N) is 1. The fraction of sp³-hybridized carbons (Fsp3) is 0.130. The van der Waals surface area contributed by atoms with Crippen LogP contribution in [0.5, 0.6) is 0 Å². The number of carbonyl (C=O) groups is 2. The second-order valence-electron chi connectivity index (χ2n) is 6.43. The van der Waals surface area contributed by atoms with Crippen LogP contribution in [0.25, 0.3) is 0 Å². The third-order valence-corrected chi connectivity index (χ3v) is 4.26. The molecule has 1 aromatic heterocycles. The zero-order chi connectivity index (χ0) is 20.6. The highest BCUT2D eigenvalue weighted by atomic mass is 19.1. The molecule has 0 radical (unpaired) electrons. The summed E-state index contributed by atoms with van der Waals surface area (Å²) in [6.45, 7) is 4.15. The molecule has 0 spiro atoms.